The maximum atomic E-state index is 9.68. The highest BCUT2D eigenvalue weighted by Gasteiger charge is 2.35. The standard InChI is InChI=1S/C18H19BrO/c19-13-18(12-14-5-3-8-16(20)11-14)10-4-7-15-6-1-2-9-17(15)18/h1-3,5-6,8-9,11,20H,4,7,10,12-13H2. The molecule has 1 atom stereocenters. The normalized spacial score (nSPS) is 21.4. The average molecular weight is 331 g/mol. The van der Waals surface area contributed by atoms with Crippen molar-refractivity contribution in [2.24, 2.45) is 0 Å². The van der Waals surface area contributed by atoms with Gasteiger partial charge in [-0.2, -0.15) is 0 Å². The van der Waals surface area contributed by atoms with Gasteiger partial charge in [-0.3, -0.25) is 0 Å². The highest BCUT2D eigenvalue weighted by molar-refractivity contribution is 9.09. The van der Waals surface area contributed by atoms with Gasteiger partial charge in [-0.25, -0.2) is 0 Å². The Morgan fingerprint density at radius 2 is 1.95 bits per heavy atom. The number of halogens is 1. The van der Waals surface area contributed by atoms with E-state index in [0.717, 1.165) is 11.8 Å². The van der Waals surface area contributed by atoms with E-state index in [0.29, 0.717) is 5.75 Å². The molecular formula is C18H19BrO. The Labute approximate surface area is 128 Å². The lowest BCUT2D eigenvalue weighted by molar-refractivity contribution is 0.400. The third-order valence-corrected chi connectivity index (χ3v) is 5.47. The lowest BCUT2D eigenvalue weighted by Crippen LogP contribution is -2.35. The van der Waals surface area contributed by atoms with Gasteiger partial charge in [0.2, 0.25) is 0 Å². The highest BCUT2D eigenvalue weighted by atomic mass is 79.9. The van der Waals surface area contributed by atoms with Crippen LogP contribution in [0.3, 0.4) is 0 Å². The molecule has 0 aromatic heterocycles. The number of aryl methyl sites for hydroxylation is 1. The van der Waals surface area contributed by atoms with Crippen LogP contribution in [0.5, 0.6) is 5.75 Å². The zero-order chi connectivity index (χ0) is 14.0. The smallest absolute Gasteiger partial charge is 0.115 e. The Hall–Kier alpha value is -1.28. The highest BCUT2D eigenvalue weighted by Crippen LogP contribution is 2.41. The van der Waals surface area contributed by atoms with E-state index in [-0.39, 0.29) is 5.41 Å². The third kappa shape index (κ3) is 2.49. The van der Waals surface area contributed by atoms with E-state index in [9.17, 15) is 5.11 Å². The van der Waals surface area contributed by atoms with Crippen LogP contribution >= 0.6 is 15.9 Å². The van der Waals surface area contributed by atoms with Crippen LogP contribution in [-0.4, -0.2) is 10.4 Å². The van der Waals surface area contributed by atoms with Gasteiger partial charge in [0.1, 0.15) is 5.75 Å². The van der Waals surface area contributed by atoms with E-state index < -0.39 is 0 Å². The molecule has 1 aliphatic rings. The van der Waals surface area contributed by atoms with Gasteiger partial charge in [0, 0.05) is 10.7 Å². The number of phenols is 1. The quantitative estimate of drug-likeness (QED) is 0.815. The topological polar surface area (TPSA) is 20.2 Å². The first-order chi connectivity index (χ1) is 9.73. The summed E-state index contributed by atoms with van der Waals surface area (Å²) in [7, 11) is 0. The maximum Gasteiger partial charge on any atom is 0.115 e. The molecule has 0 radical (unpaired) electrons. The van der Waals surface area contributed by atoms with E-state index in [1.165, 1.54) is 36.0 Å². The van der Waals surface area contributed by atoms with Gasteiger partial charge in [-0.1, -0.05) is 52.3 Å². The number of phenolic OH excluding ortho intramolecular Hbond substituents is 1. The number of benzene rings is 2. The second-order valence-electron chi connectivity index (χ2n) is 5.77. The summed E-state index contributed by atoms with van der Waals surface area (Å²) in [5.41, 5.74) is 4.33. The van der Waals surface area contributed by atoms with Crippen LogP contribution in [0.4, 0.5) is 0 Å². The lowest BCUT2D eigenvalue weighted by atomic mass is 9.68. The van der Waals surface area contributed by atoms with E-state index >= 15 is 0 Å². The monoisotopic (exact) mass is 330 g/mol. The lowest BCUT2D eigenvalue weighted by Gasteiger charge is -2.38. The first kappa shape index (κ1) is 13.7. The minimum Gasteiger partial charge on any atom is -0.508 e. The summed E-state index contributed by atoms with van der Waals surface area (Å²) in [4.78, 5) is 0. The predicted molar refractivity (Wildman–Crippen MR) is 86.7 cm³/mol. The molecule has 1 N–H and O–H groups in total. The van der Waals surface area contributed by atoms with Crippen molar-refractivity contribution in [1.82, 2.24) is 0 Å². The largest absolute Gasteiger partial charge is 0.508 e. The molecule has 1 nitrogen and oxygen atoms in total. The zero-order valence-corrected chi connectivity index (χ0v) is 13.1. The second kappa shape index (κ2) is 5.61. The molecule has 0 saturated heterocycles. The summed E-state index contributed by atoms with van der Waals surface area (Å²) in [6.45, 7) is 0. The summed E-state index contributed by atoms with van der Waals surface area (Å²) >= 11 is 3.75. The number of rotatable bonds is 3. The van der Waals surface area contributed by atoms with Gasteiger partial charge >= 0.3 is 0 Å². The minimum absolute atomic E-state index is 0.155. The van der Waals surface area contributed by atoms with Crippen molar-refractivity contribution < 1.29 is 5.11 Å². The van der Waals surface area contributed by atoms with Gasteiger partial charge in [0.25, 0.3) is 0 Å². The molecule has 2 aromatic carbocycles. The molecule has 1 unspecified atom stereocenters. The van der Waals surface area contributed by atoms with Crippen LogP contribution in [0.2, 0.25) is 0 Å². The average Bonchev–Trinajstić information content (AvgIpc) is 2.47. The number of aromatic hydroxyl groups is 1. The van der Waals surface area contributed by atoms with Gasteiger partial charge in [-0.05, 0) is 54.5 Å². The SMILES string of the molecule is Oc1cccc(CC2(CBr)CCCc3ccccc32)c1. The van der Waals surface area contributed by atoms with Crippen molar-refractivity contribution >= 4 is 15.9 Å². The Morgan fingerprint density at radius 3 is 2.75 bits per heavy atom. The fourth-order valence-electron chi connectivity index (χ4n) is 3.43. The van der Waals surface area contributed by atoms with E-state index in [1.807, 2.05) is 12.1 Å². The summed E-state index contributed by atoms with van der Waals surface area (Å²) in [5, 5.41) is 10.6. The van der Waals surface area contributed by atoms with Gasteiger partial charge in [-0.15, -0.1) is 0 Å². The van der Waals surface area contributed by atoms with Gasteiger partial charge < -0.3 is 5.11 Å². The van der Waals surface area contributed by atoms with Crippen molar-refractivity contribution in [3.05, 3.63) is 65.2 Å². The molecule has 20 heavy (non-hydrogen) atoms. The molecule has 0 amide bonds. The first-order valence-electron chi connectivity index (χ1n) is 7.16. The van der Waals surface area contributed by atoms with Crippen molar-refractivity contribution in [2.45, 2.75) is 31.1 Å². The number of alkyl halides is 1. The second-order valence-corrected chi connectivity index (χ2v) is 6.33. The van der Waals surface area contributed by atoms with Crippen LogP contribution in [0.25, 0.3) is 0 Å². The number of hydrogen-bond acceptors (Lipinski definition) is 1. The Balaban J connectivity index is 2.00. The fourth-order valence-corrected chi connectivity index (χ4v) is 4.22. The van der Waals surface area contributed by atoms with Crippen molar-refractivity contribution in [2.75, 3.05) is 5.33 Å². The molecule has 0 spiro atoms. The number of hydrogen-bond donors (Lipinski definition) is 1. The van der Waals surface area contributed by atoms with E-state index in [1.54, 1.807) is 6.07 Å². The van der Waals surface area contributed by atoms with Crippen molar-refractivity contribution in [1.29, 1.82) is 0 Å². The van der Waals surface area contributed by atoms with Gasteiger partial charge in [0.15, 0.2) is 0 Å². The Bertz CT molecular complexity index is 608. The minimum atomic E-state index is 0.155. The molecule has 0 bridgehead atoms. The van der Waals surface area contributed by atoms with Crippen LogP contribution in [0, 0.1) is 0 Å². The predicted octanol–water partition coefficient (Wildman–Crippen LogP) is 4.60. The molecule has 0 saturated carbocycles. The van der Waals surface area contributed by atoms with Crippen LogP contribution in [-0.2, 0) is 18.3 Å². The van der Waals surface area contributed by atoms with E-state index in [4.69, 9.17) is 0 Å². The van der Waals surface area contributed by atoms with Crippen LogP contribution in [0.15, 0.2) is 48.5 Å². The van der Waals surface area contributed by atoms with Crippen LogP contribution < -0.4 is 0 Å². The molecule has 0 heterocycles. The molecule has 0 fully saturated rings. The fraction of sp³-hybridized carbons (Fsp3) is 0.333. The Morgan fingerprint density at radius 1 is 1.10 bits per heavy atom. The summed E-state index contributed by atoms with van der Waals surface area (Å²) < 4.78 is 0. The summed E-state index contributed by atoms with van der Waals surface area (Å²) in [6, 6.07) is 16.5. The molecule has 104 valence electrons. The number of fused-ring (bicyclic) bond motifs is 1. The van der Waals surface area contributed by atoms with Gasteiger partial charge in [0.05, 0.1) is 0 Å². The van der Waals surface area contributed by atoms with Crippen LogP contribution in [0.1, 0.15) is 29.5 Å². The van der Waals surface area contributed by atoms with E-state index in [2.05, 4.69) is 46.3 Å². The van der Waals surface area contributed by atoms with Crippen molar-refractivity contribution in [3.63, 3.8) is 0 Å². The Kier molecular flexibility index (Phi) is 3.84. The molecule has 0 aliphatic heterocycles. The maximum absolute atomic E-state index is 9.68. The molecule has 1 aliphatic carbocycles. The molecule has 2 heteroatoms. The van der Waals surface area contributed by atoms with Crippen molar-refractivity contribution in [3.8, 4) is 5.75 Å². The molecule has 3 rings (SSSR count). The molecule has 2 aromatic rings. The summed E-state index contributed by atoms with van der Waals surface area (Å²) in [6.07, 6.45) is 4.60. The molecular weight excluding hydrogens is 312 g/mol. The third-order valence-electron chi connectivity index (χ3n) is 4.40. The first-order valence-corrected chi connectivity index (χ1v) is 8.28. The zero-order valence-electron chi connectivity index (χ0n) is 11.5. The summed E-state index contributed by atoms with van der Waals surface area (Å²) in [5.74, 6) is 0.358.